The molecule has 0 spiro atoms. The number of aliphatic carboxylic acids is 1. The SMILES string of the molecule is CC#CCn1c(=O)n(-c2ccsc2)c2nc(OC)nc(N3CCNCC3)c21.O=C(O)C(F)(F)F. The lowest BCUT2D eigenvalue weighted by Gasteiger charge is -2.29. The largest absolute Gasteiger partial charge is 0.490 e. The van der Waals surface area contributed by atoms with Gasteiger partial charge in [0, 0.05) is 31.6 Å². The maximum atomic E-state index is 13.3. The van der Waals surface area contributed by atoms with Crippen molar-refractivity contribution in [3.8, 4) is 23.5 Å². The van der Waals surface area contributed by atoms with E-state index in [0.29, 0.717) is 17.0 Å². The third kappa shape index (κ3) is 5.32. The van der Waals surface area contributed by atoms with E-state index >= 15 is 0 Å². The van der Waals surface area contributed by atoms with Crippen molar-refractivity contribution in [3.05, 3.63) is 27.3 Å². The molecule has 4 heterocycles. The van der Waals surface area contributed by atoms with Gasteiger partial charge in [0.2, 0.25) is 0 Å². The van der Waals surface area contributed by atoms with Crippen molar-refractivity contribution in [1.29, 1.82) is 0 Å². The Morgan fingerprint density at radius 2 is 2.00 bits per heavy atom. The zero-order valence-corrected chi connectivity index (χ0v) is 19.0. The Hall–Kier alpha value is -3.57. The molecule has 0 amide bonds. The summed E-state index contributed by atoms with van der Waals surface area (Å²) in [7, 11) is 1.54. The zero-order chi connectivity index (χ0) is 24.9. The number of nitrogens with zero attached hydrogens (tertiary/aromatic N) is 5. The molecule has 0 atom stereocenters. The van der Waals surface area contributed by atoms with Gasteiger partial charge in [-0.2, -0.15) is 34.5 Å². The first kappa shape index (κ1) is 25.1. The number of piperazine rings is 1. The van der Waals surface area contributed by atoms with Crippen molar-refractivity contribution in [2.24, 2.45) is 0 Å². The van der Waals surface area contributed by atoms with E-state index in [9.17, 15) is 18.0 Å². The molecule has 1 aliphatic rings. The number of aromatic nitrogens is 4. The van der Waals surface area contributed by atoms with Crippen LogP contribution < -0.4 is 20.6 Å². The van der Waals surface area contributed by atoms with Crippen LogP contribution in [0.3, 0.4) is 0 Å². The van der Waals surface area contributed by atoms with Gasteiger partial charge in [0.25, 0.3) is 0 Å². The topological polar surface area (TPSA) is 115 Å². The maximum Gasteiger partial charge on any atom is 0.490 e. The number of anilines is 1. The Bertz CT molecular complexity index is 1270. The molecule has 182 valence electrons. The lowest BCUT2D eigenvalue weighted by atomic mass is 10.3. The highest BCUT2D eigenvalue weighted by molar-refractivity contribution is 7.08. The van der Waals surface area contributed by atoms with E-state index < -0.39 is 12.1 Å². The second-order valence-electron chi connectivity index (χ2n) is 6.86. The molecule has 1 saturated heterocycles. The number of methoxy groups -OCH3 is 1. The molecule has 1 fully saturated rings. The Kier molecular flexibility index (Phi) is 7.79. The van der Waals surface area contributed by atoms with Gasteiger partial charge in [-0.3, -0.25) is 4.57 Å². The van der Waals surface area contributed by atoms with E-state index in [-0.39, 0.29) is 18.2 Å². The average Bonchev–Trinajstić information content (AvgIpc) is 3.43. The van der Waals surface area contributed by atoms with Gasteiger partial charge >= 0.3 is 23.8 Å². The number of alkyl halides is 3. The van der Waals surface area contributed by atoms with Crippen LogP contribution in [0, 0.1) is 11.8 Å². The number of fused-ring (bicyclic) bond motifs is 1. The quantitative estimate of drug-likeness (QED) is 0.523. The minimum atomic E-state index is -5.08. The van der Waals surface area contributed by atoms with Gasteiger partial charge in [-0.15, -0.1) is 5.92 Å². The first-order chi connectivity index (χ1) is 16.2. The van der Waals surface area contributed by atoms with Crippen molar-refractivity contribution in [3.63, 3.8) is 0 Å². The summed E-state index contributed by atoms with van der Waals surface area (Å²) in [4.78, 5) is 33.4. The van der Waals surface area contributed by atoms with Gasteiger partial charge < -0.3 is 20.1 Å². The minimum Gasteiger partial charge on any atom is -0.475 e. The van der Waals surface area contributed by atoms with Crippen LogP contribution in [0.1, 0.15) is 6.92 Å². The fraction of sp³-hybridized carbons (Fsp3) is 0.400. The molecular formula is C20H21F3N6O4S. The van der Waals surface area contributed by atoms with Gasteiger partial charge in [-0.25, -0.2) is 14.2 Å². The van der Waals surface area contributed by atoms with Crippen LogP contribution in [0.4, 0.5) is 19.0 Å². The predicted molar refractivity (Wildman–Crippen MR) is 120 cm³/mol. The van der Waals surface area contributed by atoms with E-state index in [0.717, 1.165) is 31.9 Å². The Morgan fingerprint density at radius 3 is 2.53 bits per heavy atom. The van der Waals surface area contributed by atoms with Crippen LogP contribution in [0.25, 0.3) is 16.9 Å². The monoisotopic (exact) mass is 498 g/mol. The summed E-state index contributed by atoms with van der Waals surface area (Å²) >= 11 is 1.53. The number of nitrogens with one attached hydrogen (secondary N) is 1. The maximum absolute atomic E-state index is 13.3. The number of hydrogen-bond acceptors (Lipinski definition) is 8. The number of halogens is 3. The molecule has 3 aromatic heterocycles. The van der Waals surface area contributed by atoms with Crippen molar-refractivity contribution in [1.82, 2.24) is 24.4 Å². The van der Waals surface area contributed by atoms with Gasteiger partial charge in [0.1, 0.15) is 5.52 Å². The smallest absolute Gasteiger partial charge is 0.475 e. The van der Waals surface area contributed by atoms with Gasteiger partial charge in [-0.05, 0) is 18.4 Å². The van der Waals surface area contributed by atoms with Crippen molar-refractivity contribution in [2.75, 3.05) is 38.2 Å². The number of imidazole rings is 1. The minimum absolute atomic E-state index is 0.176. The second-order valence-corrected chi connectivity index (χ2v) is 7.64. The highest BCUT2D eigenvalue weighted by atomic mass is 32.1. The van der Waals surface area contributed by atoms with Crippen LogP contribution in [0.2, 0.25) is 0 Å². The number of carbonyl (C=O) groups is 1. The number of carboxylic acids is 1. The van der Waals surface area contributed by atoms with Crippen molar-refractivity contribution in [2.45, 2.75) is 19.6 Å². The molecule has 0 aliphatic carbocycles. The summed E-state index contributed by atoms with van der Waals surface area (Å²) in [6.07, 6.45) is -5.08. The summed E-state index contributed by atoms with van der Waals surface area (Å²) in [5, 5.41) is 14.3. The van der Waals surface area contributed by atoms with E-state index in [2.05, 4.69) is 32.0 Å². The molecular weight excluding hydrogens is 477 g/mol. The van der Waals surface area contributed by atoms with Gasteiger partial charge in [0.05, 0.1) is 19.3 Å². The highest BCUT2D eigenvalue weighted by Crippen LogP contribution is 2.28. The lowest BCUT2D eigenvalue weighted by Crippen LogP contribution is -2.44. The van der Waals surface area contributed by atoms with Crippen LogP contribution >= 0.6 is 11.3 Å². The molecule has 34 heavy (non-hydrogen) atoms. The molecule has 0 aromatic carbocycles. The normalized spacial score (nSPS) is 13.6. The standard InChI is InChI=1S/C18H20N6O2S.C2HF3O2/c1-3-4-8-23-14-15(22-9-6-19-7-10-22)20-17(26-2)21-16(14)24(18(23)25)13-5-11-27-12-13;3-2(4,5)1(6)7/h5,11-12,19H,6-10H2,1-2H3;(H,6,7). The van der Waals surface area contributed by atoms with E-state index in [4.69, 9.17) is 14.6 Å². The predicted octanol–water partition coefficient (Wildman–Crippen LogP) is 1.72. The number of thiophene rings is 1. The van der Waals surface area contributed by atoms with Crippen LogP contribution in [-0.2, 0) is 11.3 Å². The first-order valence-electron chi connectivity index (χ1n) is 9.94. The van der Waals surface area contributed by atoms with Crippen LogP contribution in [-0.4, -0.2) is 69.6 Å². The first-order valence-corrected chi connectivity index (χ1v) is 10.9. The molecule has 3 aromatic rings. The van der Waals surface area contributed by atoms with Crippen LogP contribution in [0.5, 0.6) is 6.01 Å². The van der Waals surface area contributed by atoms with E-state index in [1.165, 1.54) is 18.4 Å². The van der Waals surface area contributed by atoms with Crippen molar-refractivity contribution >= 4 is 34.3 Å². The van der Waals surface area contributed by atoms with Crippen molar-refractivity contribution < 1.29 is 27.8 Å². The Balaban J connectivity index is 0.000000406. The van der Waals surface area contributed by atoms with Gasteiger partial charge in [0.15, 0.2) is 11.5 Å². The number of carboxylic acid groups (broad SMARTS) is 1. The molecule has 10 nitrogen and oxygen atoms in total. The third-order valence-electron chi connectivity index (χ3n) is 4.75. The molecule has 1 aliphatic heterocycles. The second kappa shape index (κ2) is 10.6. The van der Waals surface area contributed by atoms with Gasteiger partial charge in [-0.1, -0.05) is 5.92 Å². The zero-order valence-electron chi connectivity index (χ0n) is 18.2. The average molecular weight is 498 g/mol. The Labute approximate surface area is 195 Å². The number of ether oxygens (including phenoxy) is 1. The lowest BCUT2D eigenvalue weighted by molar-refractivity contribution is -0.192. The molecule has 0 unspecified atom stereocenters. The summed E-state index contributed by atoms with van der Waals surface area (Å²) in [5.41, 5.74) is 1.84. The number of hydrogen-bond donors (Lipinski definition) is 2. The molecule has 0 saturated carbocycles. The third-order valence-corrected chi connectivity index (χ3v) is 5.42. The fourth-order valence-corrected chi connectivity index (χ4v) is 3.85. The molecule has 0 radical (unpaired) electrons. The van der Waals surface area contributed by atoms with Crippen LogP contribution in [0.15, 0.2) is 21.6 Å². The highest BCUT2D eigenvalue weighted by Gasteiger charge is 2.38. The van der Waals surface area contributed by atoms with E-state index in [1.54, 1.807) is 16.1 Å². The molecule has 4 rings (SSSR count). The molecule has 2 N–H and O–H groups in total. The Morgan fingerprint density at radius 1 is 1.32 bits per heavy atom. The summed E-state index contributed by atoms with van der Waals surface area (Å²) < 4.78 is 40.3. The summed E-state index contributed by atoms with van der Waals surface area (Å²) in [6, 6.07) is 2.15. The molecule has 14 heteroatoms. The summed E-state index contributed by atoms with van der Waals surface area (Å²) in [6.45, 7) is 5.37. The van der Waals surface area contributed by atoms with E-state index in [1.807, 2.05) is 16.8 Å². The fourth-order valence-electron chi connectivity index (χ4n) is 3.23. The molecule has 0 bridgehead atoms. The number of rotatable bonds is 4. The summed E-state index contributed by atoms with van der Waals surface area (Å²) in [5.74, 6) is 3.82.